The van der Waals surface area contributed by atoms with Crippen molar-refractivity contribution in [1.82, 2.24) is 4.90 Å². The largest absolute Gasteiger partial charge is 0.491 e. The van der Waals surface area contributed by atoms with Gasteiger partial charge < -0.3 is 14.7 Å². The number of amides is 1. The fraction of sp³-hybridized carbons (Fsp3) is 0.350. The predicted molar refractivity (Wildman–Crippen MR) is 94.9 cm³/mol. The molecule has 0 bridgehead atoms. The van der Waals surface area contributed by atoms with Crippen LogP contribution in [0.3, 0.4) is 0 Å². The van der Waals surface area contributed by atoms with Gasteiger partial charge in [0.2, 0.25) is 5.91 Å². The number of carbonyl (C=O) groups is 1. The molecule has 0 atom stereocenters. The lowest BCUT2D eigenvalue weighted by Gasteiger charge is -2.22. The Morgan fingerprint density at radius 3 is 2.46 bits per heavy atom. The van der Waals surface area contributed by atoms with Gasteiger partial charge in [0.05, 0.1) is 19.1 Å². The van der Waals surface area contributed by atoms with Gasteiger partial charge in [0.1, 0.15) is 5.75 Å². The van der Waals surface area contributed by atoms with Crippen LogP contribution in [0.15, 0.2) is 54.6 Å². The highest BCUT2D eigenvalue weighted by Crippen LogP contribution is 2.16. The Labute approximate surface area is 143 Å². The van der Waals surface area contributed by atoms with Crippen LogP contribution in [0.5, 0.6) is 5.75 Å². The Balaban J connectivity index is 2.04. The molecule has 4 nitrogen and oxygen atoms in total. The molecule has 0 aromatic heterocycles. The zero-order valence-corrected chi connectivity index (χ0v) is 14.3. The highest BCUT2D eigenvalue weighted by molar-refractivity contribution is 5.79. The Morgan fingerprint density at radius 1 is 1.08 bits per heavy atom. The molecule has 0 saturated carbocycles. The van der Waals surface area contributed by atoms with E-state index in [4.69, 9.17) is 4.74 Å². The third-order valence-electron chi connectivity index (χ3n) is 3.56. The van der Waals surface area contributed by atoms with Gasteiger partial charge in [0, 0.05) is 13.1 Å². The summed E-state index contributed by atoms with van der Waals surface area (Å²) in [7, 11) is 0. The summed E-state index contributed by atoms with van der Waals surface area (Å²) < 4.78 is 5.68. The lowest BCUT2D eigenvalue weighted by Crippen LogP contribution is -2.34. The Morgan fingerprint density at radius 2 is 1.79 bits per heavy atom. The standard InChI is InChI=1S/C20H25NO3/c1-16(2)24-19-10-6-9-18(13-19)14-20(23)21(11-12-22)15-17-7-4-3-5-8-17/h3-10,13,16,22H,11-12,14-15H2,1-2H3. The van der Waals surface area contributed by atoms with Gasteiger partial charge in [-0.25, -0.2) is 0 Å². The molecule has 0 saturated heterocycles. The summed E-state index contributed by atoms with van der Waals surface area (Å²) in [5, 5.41) is 9.26. The minimum absolute atomic E-state index is 0.00500. The van der Waals surface area contributed by atoms with Crippen LogP contribution in [0, 0.1) is 0 Å². The van der Waals surface area contributed by atoms with Crippen molar-refractivity contribution in [3.05, 3.63) is 65.7 Å². The second-order valence-electron chi connectivity index (χ2n) is 6.02. The van der Waals surface area contributed by atoms with E-state index in [9.17, 15) is 9.90 Å². The molecule has 4 heteroatoms. The minimum Gasteiger partial charge on any atom is -0.491 e. The van der Waals surface area contributed by atoms with Gasteiger partial charge in [-0.3, -0.25) is 4.79 Å². The number of carbonyl (C=O) groups excluding carboxylic acids is 1. The molecule has 24 heavy (non-hydrogen) atoms. The van der Waals surface area contributed by atoms with Crippen molar-refractivity contribution in [1.29, 1.82) is 0 Å². The lowest BCUT2D eigenvalue weighted by molar-refractivity contribution is -0.131. The molecule has 1 amide bonds. The van der Waals surface area contributed by atoms with Crippen LogP contribution in [-0.2, 0) is 17.8 Å². The van der Waals surface area contributed by atoms with E-state index in [1.165, 1.54) is 0 Å². The van der Waals surface area contributed by atoms with Gasteiger partial charge in [0.15, 0.2) is 0 Å². The molecular formula is C20H25NO3. The molecule has 0 fully saturated rings. The van der Waals surface area contributed by atoms with Gasteiger partial charge in [-0.15, -0.1) is 0 Å². The first-order valence-electron chi connectivity index (χ1n) is 8.26. The second kappa shape index (κ2) is 9.08. The Kier molecular flexibility index (Phi) is 6.82. The summed E-state index contributed by atoms with van der Waals surface area (Å²) in [5.41, 5.74) is 1.96. The summed E-state index contributed by atoms with van der Waals surface area (Å²) in [4.78, 5) is 14.3. The van der Waals surface area contributed by atoms with Crippen molar-refractivity contribution < 1.29 is 14.6 Å². The Hall–Kier alpha value is -2.33. The summed E-state index contributed by atoms with van der Waals surface area (Å²) in [5.74, 6) is 0.765. The van der Waals surface area contributed by atoms with Crippen molar-refractivity contribution in [2.45, 2.75) is 32.9 Å². The van der Waals surface area contributed by atoms with Gasteiger partial charge in [-0.05, 0) is 37.1 Å². The first kappa shape index (κ1) is 18.0. The van der Waals surface area contributed by atoms with Crippen molar-refractivity contribution in [2.75, 3.05) is 13.2 Å². The quantitative estimate of drug-likeness (QED) is 0.811. The summed E-state index contributed by atoms with van der Waals surface area (Å²) in [6.45, 7) is 4.73. The number of aliphatic hydroxyl groups is 1. The minimum atomic E-state index is -0.0466. The fourth-order valence-corrected chi connectivity index (χ4v) is 2.50. The normalized spacial score (nSPS) is 10.7. The van der Waals surface area contributed by atoms with Crippen molar-refractivity contribution in [3.8, 4) is 5.75 Å². The second-order valence-corrected chi connectivity index (χ2v) is 6.02. The van der Waals surface area contributed by atoms with Crippen molar-refractivity contribution in [3.63, 3.8) is 0 Å². The summed E-state index contributed by atoms with van der Waals surface area (Å²) in [6, 6.07) is 17.4. The maximum absolute atomic E-state index is 12.6. The number of benzene rings is 2. The molecule has 1 N–H and O–H groups in total. The van der Waals surface area contributed by atoms with Gasteiger partial charge >= 0.3 is 0 Å². The highest BCUT2D eigenvalue weighted by Gasteiger charge is 2.14. The average molecular weight is 327 g/mol. The van der Waals surface area contributed by atoms with E-state index in [2.05, 4.69) is 0 Å². The van der Waals surface area contributed by atoms with E-state index in [1.807, 2.05) is 68.4 Å². The van der Waals surface area contributed by atoms with E-state index in [0.717, 1.165) is 16.9 Å². The first-order chi connectivity index (χ1) is 11.6. The van der Waals surface area contributed by atoms with E-state index in [0.29, 0.717) is 19.5 Å². The predicted octanol–water partition coefficient (Wildman–Crippen LogP) is 3.04. The molecular weight excluding hydrogens is 302 g/mol. The summed E-state index contributed by atoms with van der Waals surface area (Å²) in [6.07, 6.45) is 0.391. The molecule has 0 aliphatic carbocycles. The molecule has 0 spiro atoms. The molecule has 2 aromatic carbocycles. The number of aliphatic hydroxyl groups excluding tert-OH is 1. The molecule has 2 rings (SSSR count). The first-order valence-corrected chi connectivity index (χ1v) is 8.26. The topological polar surface area (TPSA) is 49.8 Å². The van der Waals surface area contributed by atoms with Crippen molar-refractivity contribution >= 4 is 5.91 Å². The molecule has 0 radical (unpaired) electrons. The fourth-order valence-electron chi connectivity index (χ4n) is 2.50. The van der Waals surface area contributed by atoms with Crippen LogP contribution in [-0.4, -0.2) is 35.2 Å². The number of hydrogen-bond donors (Lipinski definition) is 1. The Bertz CT molecular complexity index is 640. The maximum Gasteiger partial charge on any atom is 0.227 e. The maximum atomic E-state index is 12.6. The third-order valence-corrected chi connectivity index (χ3v) is 3.56. The zero-order chi connectivity index (χ0) is 17.4. The van der Waals surface area contributed by atoms with E-state index < -0.39 is 0 Å². The molecule has 0 aliphatic heterocycles. The van der Waals surface area contributed by atoms with Crippen LogP contribution in [0.2, 0.25) is 0 Å². The van der Waals surface area contributed by atoms with Crippen LogP contribution in [0.25, 0.3) is 0 Å². The SMILES string of the molecule is CC(C)Oc1cccc(CC(=O)N(CCO)Cc2ccccc2)c1. The smallest absolute Gasteiger partial charge is 0.227 e. The zero-order valence-electron chi connectivity index (χ0n) is 14.3. The van der Waals surface area contributed by atoms with E-state index in [-0.39, 0.29) is 18.6 Å². The molecule has 2 aromatic rings. The van der Waals surface area contributed by atoms with E-state index >= 15 is 0 Å². The van der Waals surface area contributed by atoms with Crippen LogP contribution >= 0.6 is 0 Å². The van der Waals surface area contributed by atoms with Crippen LogP contribution < -0.4 is 4.74 Å². The molecule has 0 unspecified atom stereocenters. The average Bonchev–Trinajstić information content (AvgIpc) is 2.55. The molecule has 0 aliphatic rings. The lowest BCUT2D eigenvalue weighted by atomic mass is 10.1. The van der Waals surface area contributed by atoms with Gasteiger partial charge in [0.25, 0.3) is 0 Å². The van der Waals surface area contributed by atoms with Gasteiger partial charge in [-0.2, -0.15) is 0 Å². The third kappa shape index (κ3) is 5.70. The molecule has 128 valence electrons. The highest BCUT2D eigenvalue weighted by atomic mass is 16.5. The monoisotopic (exact) mass is 327 g/mol. The van der Waals surface area contributed by atoms with Crippen LogP contribution in [0.4, 0.5) is 0 Å². The van der Waals surface area contributed by atoms with Crippen molar-refractivity contribution in [2.24, 2.45) is 0 Å². The van der Waals surface area contributed by atoms with E-state index in [1.54, 1.807) is 4.90 Å². The number of nitrogens with zero attached hydrogens (tertiary/aromatic N) is 1. The summed E-state index contributed by atoms with van der Waals surface area (Å²) >= 11 is 0. The number of hydrogen-bond acceptors (Lipinski definition) is 3. The van der Waals surface area contributed by atoms with Gasteiger partial charge in [-0.1, -0.05) is 42.5 Å². The number of rotatable bonds is 8. The number of ether oxygens (including phenoxy) is 1. The molecule has 0 heterocycles. The van der Waals surface area contributed by atoms with Crippen LogP contribution in [0.1, 0.15) is 25.0 Å².